The molecule has 0 aromatic rings. The normalized spacial score (nSPS) is 12.2. The van der Waals surface area contributed by atoms with Gasteiger partial charge in [0.25, 0.3) is 0 Å². The third-order valence-electron chi connectivity index (χ3n) is 2.71. The predicted octanol–water partition coefficient (Wildman–Crippen LogP) is 2.98. The fourth-order valence-electron chi connectivity index (χ4n) is 1.45. The van der Waals surface area contributed by atoms with Gasteiger partial charge in [0.2, 0.25) is 6.79 Å². The molecule has 0 radical (unpaired) electrons. The van der Waals surface area contributed by atoms with Gasteiger partial charge in [-0.15, -0.1) is 0 Å². The van der Waals surface area contributed by atoms with Gasteiger partial charge in [-0.05, 0) is 34.1 Å². The second-order valence-corrected chi connectivity index (χ2v) is 4.95. The SMILES string of the molecule is CCCCC=C(C)C(=O)OCOC(=O)C(C)(C)OCC. The number of rotatable bonds is 9. The van der Waals surface area contributed by atoms with Gasteiger partial charge in [-0.3, -0.25) is 0 Å². The number of carbonyl (C=O) groups is 2. The van der Waals surface area contributed by atoms with Crippen molar-refractivity contribution in [2.45, 2.75) is 59.5 Å². The number of hydrogen-bond acceptors (Lipinski definition) is 5. The Hall–Kier alpha value is -1.36. The Morgan fingerprint density at radius 1 is 1.15 bits per heavy atom. The van der Waals surface area contributed by atoms with E-state index < -0.39 is 24.3 Å². The average Bonchev–Trinajstić information content (AvgIpc) is 2.38. The van der Waals surface area contributed by atoms with Crippen molar-refractivity contribution in [1.29, 1.82) is 0 Å². The van der Waals surface area contributed by atoms with Crippen molar-refractivity contribution in [3.05, 3.63) is 11.6 Å². The highest BCUT2D eigenvalue weighted by Gasteiger charge is 2.30. The predicted molar refractivity (Wildman–Crippen MR) is 76.0 cm³/mol. The summed E-state index contributed by atoms with van der Waals surface area (Å²) >= 11 is 0. The van der Waals surface area contributed by atoms with Crippen LogP contribution in [-0.2, 0) is 23.8 Å². The largest absolute Gasteiger partial charge is 0.426 e. The molecular formula is C15H26O5. The molecule has 0 spiro atoms. The lowest BCUT2D eigenvalue weighted by Gasteiger charge is -2.22. The highest BCUT2D eigenvalue weighted by molar-refractivity contribution is 5.87. The van der Waals surface area contributed by atoms with E-state index >= 15 is 0 Å². The van der Waals surface area contributed by atoms with E-state index in [1.54, 1.807) is 27.7 Å². The molecule has 0 saturated carbocycles. The van der Waals surface area contributed by atoms with Crippen molar-refractivity contribution in [1.82, 2.24) is 0 Å². The van der Waals surface area contributed by atoms with Gasteiger partial charge >= 0.3 is 11.9 Å². The van der Waals surface area contributed by atoms with Crippen LogP contribution >= 0.6 is 0 Å². The van der Waals surface area contributed by atoms with E-state index in [0.717, 1.165) is 19.3 Å². The van der Waals surface area contributed by atoms with Gasteiger partial charge in [0.1, 0.15) is 0 Å². The number of carbonyl (C=O) groups excluding carboxylic acids is 2. The first-order valence-corrected chi connectivity index (χ1v) is 7.00. The minimum Gasteiger partial charge on any atom is -0.426 e. The lowest BCUT2D eigenvalue weighted by molar-refractivity contribution is -0.182. The lowest BCUT2D eigenvalue weighted by atomic mass is 10.1. The van der Waals surface area contributed by atoms with Crippen molar-refractivity contribution in [3.63, 3.8) is 0 Å². The van der Waals surface area contributed by atoms with Gasteiger partial charge in [-0.2, -0.15) is 0 Å². The Kier molecular flexibility index (Phi) is 8.88. The van der Waals surface area contributed by atoms with E-state index in [2.05, 4.69) is 6.92 Å². The number of allylic oxidation sites excluding steroid dienone is 1. The van der Waals surface area contributed by atoms with Crippen LogP contribution in [0.4, 0.5) is 0 Å². The highest BCUT2D eigenvalue weighted by Crippen LogP contribution is 2.11. The van der Waals surface area contributed by atoms with E-state index in [1.807, 2.05) is 6.08 Å². The minimum atomic E-state index is -1.03. The van der Waals surface area contributed by atoms with Gasteiger partial charge in [0, 0.05) is 12.2 Å². The average molecular weight is 286 g/mol. The van der Waals surface area contributed by atoms with Crippen molar-refractivity contribution in [3.8, 4) is 0 Å². The molecule has 0 amide bonds. The first kappa shape index (κ1) is 18.6. The first-order valence-electron chi connectivity index (χ1n) is 7.00. The van der Waals surface area contributed by atoms with Gasteiger partial charge in [-0.25, -0.2) is 9.59 Å². The van der Waals surface area contributed by atoms with Gasteiger partial charge in [0.15, 0.2) is 5.60 Å². The molecule has 0 aromatic heterocycles. The molecule has 0 fully saturated rings. The maximum absolute atomic E-state index is 11.7. The Bertz CT molecular complexity index is 344. The van der Waals surface area contributed by atoms with Crippen LogP contribution < -0.4 is 0 Å². The number of hydrogen-bond donors (Lipinski definition) is 0. The Morgan fingerprint density at radius 2 is 1.80 bits per heavy atom. The molecular weight excluding hydrogens is 260 g/mol. The smallest absolute Gasteiger partial charge is 0.340 e. The maximum atomic E-state index is 11.7. The summed E-state index contributed by atoms with van der Waals surface area (Å²) in [5.41, 5.74) is -0.508. The Balaban J connectivity index is 4.08. The van der Waals surface area contributed by atoms with Crippen LogP contribution in [-0.4, -0.2) is 30.9 Å². The highest BCUT2D eigenvalue weighted by atomic mass is 16.7. The first-order chi connectivity index (χ1) is 9.35. The summed E-state index contributed by atoms with van der Waals surface area (Å²) in [4.78, 5) is 23.2. The van der Waals surface area contributed by atoms with E-state index in [-0.39, 0.29) is 0 Å². The molecule has 116 valence electrons. The summed E-state index contributed by atoms with van der Waals surface area (Å²) in [6.07, 6.45) is 4.78. The van der Waals surface area contributed by atoms with Crippen LogP contribution in [0.15, 0.2) is 11.6 Å². The molecule has 0 aromatic carbocycles. The zero-order valence-electron chi connectivity index (χ0n) is 13.2. The molecule has 0 aliphatic rings. The third kappa shape index (κ3) is 7.28. The van der Waals surface area contributed by atoms with Gasteiger partial charge < -0.3 is 14.2 Å². The molecule has 20 heavy (non-hydrogen) atoms. The minimum absolute atomic E-state index is 0.396. The molecule has 0 rings (SSSR count). The molecule has 0 aliphatic heterocycles. The monoisotopic (exact) mass is 286 g/mol. The Morgan fingerprint density at radius 3 is 2.35 bits per heavy atom. The maximum Gasteiger partial charge on any atom is 0.340 e. The van der Waals surface area contributed by atoms with Crippen LogP contribution in [0.1, 0.15) is 53.9 Å². The molecule has 0 N–H and O–H groups in total. The molecule has 0 saturated heterocycles. The zero-order valence-corrected chi connectivity index (χ0v) is 13.2. The summed E-state index contributed by atoms with van der Waals surface area (Å²) in [7, 11) is 0. The molecule has 0 aliphatic carbocycles. The van der Waals surface area contributed by atoms with Crippen LogP contribution in [0.2, 0.25) is 0 Å². The summed E-state index contributed by atoms with van der Waals surface area (Å²) in [6, 6.07) is 0. The number of ether oxygens (including phenoxy) is 3. The van der Waals surface area contributed by atoms with Gasteiger partial charge in [0.05, 0.1) is 0 Å². The van der Waals surface area contributed by atoms with Crippen molar-refractivity contribution < 1.29 is 23.8 Å². The van der Waals surface area contributed by atoms with Gasteiger partial charge in [-0.1, -0.05) is 25.8 Å². The van der Waals surface area contributed by atoms with E-state index in [9.17, 15) is 9.59 Å². The van der Waals surface area contributed by atoms with Crippen LogP contribution in [0.3, 0.4) is 0 Å². The molecule has 0 atom stereocenters. The third-order valence-corrected chi connectivity index (χ3v) is 2.71. The zero-order chi connectivity index (χ0) is 15.6. The standard InChI is InChI=1S/C15H26O5/c1-6-8-9-10-12(3)13(16)18-11-19-14(17)15(4,5)20-7-2/h10H,6-9,11H2,1-5H3. The van der Waals surface area contributed by atoms with E-state index in [4.69, 9.17) is 14.2 Å². The fraction of sp³-hybridized carbons (Fsp3) is 0.733. The summed E-state index contributed by atoms with van der Waals surface area (Å²) in [5, 5.41) is 0. The summed E-state index contributed by atoms with van der Waals surface area (Å²) in [6.45, 7) is 8.78. The Labute approximate surface area is 121 Å². The van der Waals surface area contributed by atoms with Crippen LogP contribution in [0.25, 0.3) is 0 Å². The number of unbranched alkanes of at least 4 members (excludes halogenated alkanes) is 2. The van der Waals surface area contributed by atoms with E-state index in [1.165, 1.54) is 0 Å². The van der Waals surface area contributed by atoms with Crippen molar-refractivity contribution in [2.75, 3.05) is 13.4 Å². The van der Waals surface area contributed by atoms with Crippen molar-refractivity contribution in [2.24, 2.45) is 0 Å². The quantitative estimate of drug-likeness (QED) is 0.282. The summed E-state index contributed by atoms with van der Waals surface area (Å²) < 4.78 is 15.0. The topological polar surface area (TPSA) is 61.8 Å². The molecule has 0 bridgehead atoms. The van der Waals surface area contributed by atoms with Crippen LogP contribution in [0.5, 0.6) is 0 Å². The molecule has 5 heteroatoms. The van der Waals surface area contributed by atoms with Crippen LogP contribution in [0, 0.1) is 0 Å². The van der Waals surface area contributed by atoms with Crippen molar-refractivity contribution >= 4 is 11.9 Å². The second-order valence-electron chi connectivity index (χ2n) is 4.95. The van der Waals surface area contributed by atoms with E-state index in [0.29, 0.717) is 12.2 Å². The molecule has 0 heterocycles. The number of esters is 2. The lowest BCUT2D eigenvalue weighted by Crippen LogP contribution is -2.37. The molecule has 5 nitrogen and oxygen atoms in total. The fourth-order valence-corrected chi connectivity index (χ4v) is 1.45. The second kappa shape index (κ2) is 9.53. The summed E-state index contributed by atoms with van der Waals surface area (Å²) in [5.74, 6) is -1.03. The molecule has 0 unspecified atom stereocenters.